The van der Waals surface area contributed by atoms with Gasteiger partial charge in [0.1, 0.15) is 11.6 Å². The molecule has 7 heteroatoms. The first-order valence-electron chi connectivity index (χ1n) is 9.41. The fourth-order valence-corrected chi connectivity index (χ4v) is 3.74. The van der Waals surface area contributed by atoms with Crippen molar-refractivity contribution in [1.82, 2.24) is 14.7 Å². The molecule has 1 aromatic heterocycles. The molecule has 0 amide bonds. The van der Waals surface area contributed by atoms with E-state index in [0.717, 1.165) is 42.0 Å². The molecule has 0 aliphatic carbocycles. The molecule has 0 spiro atoms. The summed E-state index contributed by atoms with van der Waals surface area (Å²) in [6.45, 7) is 4.22. The number of halogens is 4. The van der Waals surface area contributed by atoms with Crippen LogP contribution in [0.3, 0.4) is 0 Å². The zero-order valence-electron chi connectivity index (χ0n) is 16.4. The molecule has 154 valence electrons. The molecule has 0 N–H and O–H groups in total. The lowest BCUT2D eigenvalue weighted by Gasteiger charge is -2.23. The van der Waals surface area contributed by atoms with E-state index in [1.165, 1.54) is 24.3 Å². The number of aromatic nitrogens is 2. The van der Waals surface area contributed by atoms with Crippen molar-refractivity contribution in [2.75, 3.05) is 13.1 Å². The number of hydrogen-bond acceptors (Lipinski definition) is 2. The zero-order valence-corrected chi connectivity index (χ0v) is 17.9. The number of hydrogen-bond donors (Lipinski definition) is 0. The second-order valence-electron chi connectivity index (χ2n) is 7.13. The number of rotatable bonds is 8. The molecule has 0 unspecified atom stereocenters. The second kappa shape index (κ2) is 9.70. The third-order valence-electron chi connectivity index (χ3n) is 5.16. The lowest BCUT2D eigenvalue weighted by atomic mass is 10.1. The minimum atomic E-state index is -0.340. The Morgan fingerprint density at radius 2 is 1.41 bits per heavy atom. The van der Waals surface area contributed by atoms with E-state index in [4.69, 9.17) is 23.2 Å². The van der Waals surface area contributed by atoms with Gasteiger partial charge in [0.15, 0.2) is 0 Å². The number of aryl methyl sites for hydroxylation is 1. The summed E-state index contributed by atoms with van der Waals surface area (Å²) in [5.74, 6) is -0.680. The first kappa shape index (κ1) is 21.8. The van der Waals surface area contributed by atoms with E-state index >= 15 is 0 Å². The summed E-state index contributed by atoms with van der Waals surface area (Å²) in [7, 11) is 1.92. The molecule has 0 aliphatic heterocycles. The van der Waals surface area contributed by atoms with E-state index in [0.29, 0.717) is 22.9 Å². The van der Waals surface area contributed by atoms with Gasteiger partial charge in [0.2, 0.25) is 0 Å². The largest absolute Gasteiger partial charge is 0.298 e. The smallest absolute Gasteiger partial charge is 0.124 e. The van der Waals surface area contributed by atoms with Crippen LogP contribution in [-0.2, 0) is 26.4 Å². The van der Waals surface area contributed by atoms with E-state index in [1.807, 2.05) is 24.9 Å². The Kier molecular flexibility index (Phi) is 7.28. The summed E-state index contributed by atoms with van der Waals surface area (Å²) < 4.78 is 28.5. The van der Waals surface area contributed by atoms with Crippen LogP contribution in [0.15, 0.2) is 42.6 Å². The van der Waals surface area contributed by atoms with Crippen LogP contribution in [0.2, 0.25) is 10.0 Å². The Balaban J connectivity index is 1.72. The first-order chi connectivity index (χ1) is 13.8. The maximum Gasteiger partial charge on any atom is 0.124 e. The van der Waals surface area contributed by atoms with Crippen LogP contribution in [0.5, 0.6) is 0 Å². The quantitative estimate of drug-likeness (QED) is 0.457. The van der Waals surface area contributed by atoms with Gasteiger partial charge in [0.25, 0.3) is 0 Å². The topological polar surface area (TPSA) is 21.1 Å². The van der Waals surface area contributed by atoms with Crippen LogP contribution in [0, 0.1) is 18.6 Å². The SMILES string of the molecule is Cc1c(CN(CCc2ccc(F)cc2Cl)CCc2ccc(F)cc2Cl)cnn1C. The highest BCUT2D eigenvalue weighted by Gasteiger charge is 2.13. The molecule has 3 rings (SSSR count). The normalized spacial score (nSPS) is 11.4. The van der Waals surface area contributed by atoms with Crippen molar-refractivity contribution in [2.24, 2.45) is 7.05 Å². The van der Waals surface area contributed by atoms with Crippen molar-refractivity contribution in [3.05, 3.63) is 86.7 Å². The molecule has 2 aromatic carbocycles. The van der Waals surface area contributed by atoms with Crippen molar-refractivity contribution < 1.29 is 8.78 Å². The maximum absolute atomic E-state index is 13.3. The standard InChI is InChI=1S/C22H23Cl2F2N3/c1-15-18(13-27-28(15)2)14-29(9-7-16-3-5-19(25)11-21(16)23)10-8-17-4-6-20(26)12-22(17)24/h3-6,11-13H,7-10,14H2,1-2H3. The van der Waals surface area contributed by atoms with Gasteiger partial charge in [-0.15, -0.1) is 0 Å². The summed E-state index contributed by atoms with van der Waals surface area (Å²) in [6.07, 6.45) is 3.25. The van der Waals surface area contributed by atoms with E-state index in [2.05, 4.69) is 10.00 Å². The molecular formula is C22H23Cl2F2N3. The molecule has 0 saturated carbocycles. The Bertz CT molecular complexity index is 933. The molecule has 3 aromatic rings. The van der Waals surface area contributed by atoms with E-state index in [9.17, 15) is 8.78 Å². The van der Waals surface area contributed by atoms with Gasteiger partial charge < -0.3 is 0 Å². The van der Waals surface area contributed by atoms with Crippen molar-refractivity contribution in [2.45, 2.75) is 26.3 Å². The Morgan fingerprint density at radius 1 is 0.897 bits per heavy atom. The third-order valence-corrected chi connectivity index (χ3v) is 5.86. The van der Waals surface area contributed by atoms with Crippen LogP contribution in [0.4, 0.5) is 8.78 Å². The van der Waals surface area contributed by atoms with E-state index < -0.39 is 0 Å². The molecule has 1 heterocycles. The molecule has 0 radical (unpaired) electrons. The second-order valence-corrected chi connectivity index (χ2v) is 7.94. The minimum Gasteiger partial charge on any atom is -0.298 e. The van der Waals surface area contributed by atoms with Crippen molar-refractivity contribution >= 4 is 23.2 Å². The van der Waals surface area contributed by atoms with E-state index in [1.54, 1.807) is 12.1 Å². The summed E-state index contributed by atoms with van der Waals surface area (Å²) >= 11 is 12.4. The van der Waals surface area contributed by atoms with Gasteiger partial charge in [-0.25, -0.2) is 8.78 Å². The molecule has 29 heavy (non-hydrogen) atoms. The Hall–Kier alpha value is -1.95. The molecule has 0 atom stereocenters. The predicted octanol–water partition coefficient (Wildman–Crippen LogP) is 5.60. The number of nitrogens with zero attached hydrogens (tertiary/aromatic N) is 3. The minimum absolute atomic E-state index is 0.340. The van der Waals surface area contributed by atoms with Crippen molar-refractivity contribution in [1.29, 1.82) is 0 Å². The molecule has 0 fully saturated rings. The van der Waals surface area contributed by atoms with Crippen molar-refractivity contribution in [3.63, 3.8) is 0 Å². The molecule has 3 nitrogen and oxygen atoms in total. The zero-order chi connectivity index (χ0) is 21.0. The van der Waals surface area contributed by atoms with E-state index in [-0.39, 0.29) is 11.6 Å². The van der Waals surface area contributed by atoms with Crippen LogP contribution < -0.4 is 0 Å². The van der Waals surface area contributed by atoms with Crippen LogP contribution in [0.25, 0.3) is 0 Å². The molecular weight excluding hydrogens is 415 g/mol. The summed E-state index contributed by atoms with van der Waals surface area (Å²) in [4.78, 5) is 2.28. The predicted molar refractivity (Wildman–Crippen MR) is 113 cm³/mol. The highest BCUT2D eigenvalue weighted by molar-refractivity contribution is 6.31. The monoisotopic (exact) mass is 437 g/mol. The summed E-state index contributed by atoms with van der Waals surface area (Å²) in [5, 5.41) is 5.19. The molecule has 0 saturated heterocycles. The van der Waals surface area contributed by atoms with Crippen molar-refractivity contribution in [3.8, 4) is 0 Å². The third kappa shape index (κ3) is 5.78. The average Bonchev–Trinajstić information content (AvgIpc) is 2.98. The van der Waals surface area contributed by atoms with Gasteiger partial charge in [-0.05, 0) is 55.2 Å². The maximum atomic E-state index is 13.3. The average molecular weight is 438 g/mol. The lowest BCUT2D eigenvalue weighted by Crippen LogP contribution is -2.28. The van der Waals surface area contributed by atoms with Crippen LogP contribution >= 0.6 is 23.2 Å². The highest BCUT2D eigenvalue weighted by Crippen LogP contribution is 2.21. The fraction of sp³-hybridized carbons (Fsp3) is 0.318. The summed E-state index contributed by atoms with van der Waals surface area (Å²) in [6, 6.07) is 8.98. The van der Waals surface area contributed by atoms with Gasteiger partial charge in [-0.1, -0.05) is 35.3 Å². The molecule has 0 aliphatic rings. The summed E-state index contributed by atoms with van der Waals surface area (Å²) in [5.41, 5.74) is 4.05. The van der Waals surface area contributed by atoms with Crippen LogP contribution in [0.1, 0.15) is 22.4 Å². The Labute approximate surface area is 179 Å². The first-order valence-corrected chi connectivity index (χ1v) is 10.2. The molecule has 0 bridgehead atoms. The van der Waals surface area contributed by atoms with Gasteiger partial charge in [0, 0.05) is 48.0 Å². The van der Waals surface area contributed by atoms with Gasteiger partial charge in [-0.3, -0.25) is 9.58 Å². The fourth-order valence-electron chi connectivity index (χ4n) is 3.22. The van der Waals surface area contributed by atoms with Gasteiger partial charge in [0.05, 0.1) is 6.20 Å². The van der Waals surface area contributed by atoms with Gasteiger partial charge >= 0.3 is 0 Å². The van der Waals surface area contributed by atoms with Crippen LogP contribution in [-0.4, -0.2) is 27.8 Å². The highest BCUT2D eigenvalue weighted by atomic mass is 35.5. The number of benzene rings is 2. The Morgan fingerprint density at radius 3 is 1.83 bits per heavy atom. The van der Waals surface area contributed by atoms with Gasteiger partial charge in [-0.2, -0.15) is 5.10 Å². The lowest BCUT2D eigenvalue weighted by molar-refractivity contribution is 0.271.